The number of carboxylic acids is 1. The highest BCUT2D eigenvalue weighted by atomic mass is 16.5. The third-order valence-electron chi connectivity index (χ3n) is 4.31. The van der Waals surface area contributed by atoms with Crippen LogP contribution in [0.3, 0.4) is 0 Å². The molecule has 3 N–H and O–H groups in total. The lowest BCUT2D eigenvalue weighted by atomic mass is 10.1. The van der Waals surface area contributed by atoms with Gasteiger partial charge in [0.2, 0.25) is 5.91 Å². The minimum absolute atomic E-state index is 0.279. The quantitative estimate of drug-likeness (QED) is 0.673. The highest BCUT2D eigenvalue weighted by Gasteiger charge is 2.28. The molecule has 2 amide bonds. The van der Waals surface area contributed by atoms with Crippen molar-refractivity contribution in [1.82, 2.24) is 0 Å². The van der Waals surface area contributed by atoms with E-state index in [9.17, 15) is 14.4 Å². The Labute approximate surface area is 172 Å². The van der Waals surface area contributed by atoms with E-state index in [4.69, 9.17) is 20.3 Å². The average Bonchev–Trinajstić information content (AvgIpc) is 3.00. The van der Waals surface area contributed by atoms with Gasteiger partial charge in [0.05, 0.1) is 24.1 Å². The molecule has 9 heteroatoms. The number of benzene rings is 2. The molecule has 0 saturated heterocycles. The van der Waals surface area contributed by atoms with E-state index >= 15 is 0 Å². The van der Waals surface area contributed by atoms with Crippen molar-refractivity contribution >= 4 is 35.3 Å². The van der Waals surface area contributed by atoms with Crippen molar-refractivity contribution in [3.05, 3.63) is 59.2 Å². The molecule has 0 saturated carbocycles. The average molecular weight is 409 g/mol. The van der Waals surface area contributed by atoms with Crippen LogP contribution in [0.5, 0.6) is 11.5 Å². The molecular weight excluding hydrogens is 390 g/mol. The molecule has 3 rings (SSSR count). The zero-order valence-electron chi connectivity index (χ0n) is 16.3. The molecule has 0 radical (unpaired) electrons. The number of nitrogens with zero attached hydrogens (tertiary/aromatic N) is 2. The van der Waals surface area contributed by atoms with Crippen LogP contribution in [0, 0.1) is 0 Å². The number of carbonyl (C=O) groups excluding carboxylic acids is 2. The summed E-state index contributed by atoms with van der Waals surface area (Å²) in [5.41, 5.74) is 7.63. The second kappa shape index (κ2) is 8.48. The largest absolute Gasteiger partial charge is 0.493 e. The molecule has 0 fully saturated rings. The first kappa shape index (κ1) is 20.6. The van der Waals surface area contributed by atoms with E-state index in [-0.39, 0.29) is 11.7 Å². The van der Waals surface area contributed by atoms with Crippen molar-refractivity contribution in [2.75, 3.05) is 18.7 Å². The number of carbonyl (C=O) groups is 3. The normalized spacial score (nSPS) is 14.6. The van der Waals surface area contributed by atoms with Crippen LogP contribution in [-0.2, 0) is 9.59 Å². The lowest BCUT2D eigenvalue weighted by molar-refractivity contribution is -0.139. The van der Waals surface area contributed by atoms with Crippen LogP contribution in [0.2, 0.25) is 0 Å². The number of primary amides is 1. The Balaban J connectivity index is 1.85. The number of hydrogen-bond acceptors (Lipinski definition) is 6. The van der Waals surface area contributed by atoms with Crippen LogP contribution in [0.15, 0.2) is 53.1 Å². The monoisotopic (exact) mass is 409 g/mol. The summed E-state index contributed by atoms with van der Waals surface area (Å²) in [5.74, 6) is -1.37. The smallest absolute Gasteiger partial charge is 0.341 e. The number of nitrogens with two attached hydrogens (primary N) is 1. The molecule has 154 valence electrons. The summed E-state index contributed by atoms with van der Waals surface area (Å²) in [6, 6.07) is 11.1. The van der Waals surface area contributed by atoms with Crippen molar-refractivity contribution in [1.29, 1.82) is 0 Å². The van der Waals surface area contributed by atoms with Gasteiger partial charge in [-0.25, -0.2) is 4.79 Å². The van der Waals surface area contributed by atoms with Crippen LogP contribution in [0.1, 0.15) is 22.8 Å². The summed E-state index contributed by atoms with van der Waals surface area (Å²) in [6.45, 7) is 1.22. The number of ether oxygens (including phenoxy) is 2. The van der Waals surface area contributed by atoms with Gasteiger partial charge in [0.15, 0.2) is 18.1 Å². The number of methoxy groups -OCH3 is 1. The summed E-state index contributed by atoms with van der Waals surface area (Å²) < 4.78 is 10.4. The van der Waals surface area contributed by atoms with Gasteiger partial charge < -0.3 is 20.3 Å². The topological polar surface area (TPSA) is 132 Å². The Morgan fingerprint density at radius 3 is 2.47 bits per heavy atom. The van der Waals surface area contributed by atoms with Crippen molar-refractivity contribution < 1.29 is 29.0 Å². The van der Waals surface area contributed by atoms with E-state index < -0.39 is 18.5 Å². The Kier molecular flexibility index (Phi) is 5.82. The molecule has 0 unspecified atom stereocenters. The Bertz CT molecular complexity index is 1070. The van der Waals surface area contributed by atoms with Gasteiger partial charge >= 0.3 is 5.97 Å². The lowest BCUT2D eigenvalue weighted by Crippen LogP contribution is -2.21. The molecule has 1 aliphatic heterocycles. The fourth-order valence-corrected chi connectivity index (χ4v) is 2.83. The van der Waals surface area contributed by atoms with Crippen LogP contribution in [-0.4, -0.2) is 42.3 Å². The van der Waals surface area contributed by atoms with E-state index in [1.54, 1.807) is 43.3 Å². The third kappa shape index (κ3) is 4.30. The molecule has 2 aromatic carbocycles. The third-order valence-corrected chi connectivity index (χ3v) is 4.31. The number of aliphatic carboxylic acids is 1. The minimum Gasteiger partial charge on any atom is -0.493 e. The van der Waals surface area contributed by atoms with Crippen molar-refractivity contribution in [2.24, 2.45) is 10.8 Å². The van der Waals surface area contributed by atoms with Gasteiger partial charge in [-0.3, -0.25) is 9.59 Å². The maximum atomic E-state index is 12.9. The highest BCUT2D eigenvalue weighted by Crippen LogP contribution is 2.30. The Morgan fingerprint density at radius 2 is 1.87 bits per heavy atom. The van der Waals surface area contributed by atoms with Crippen LogP contribution in [0.25, 0.3) is 6.08 Å². The molecule has 0 atom stereocenters. The van der Waals surface area contributed by atoms with Crippen LogP contribution >= 0.6 is 0 Å². The summed E-state index contributed by atoms with van der Waals surface area (Å²) >= 11 is 0. The maximum absolute atomic E-state index is 12.9. The van der Waals surface area contributed by atoms with Gasteiger partial charge in [-0.2, -0.15) is 10.1 Å². The Hall–Kier alpha value is -4.14. The van der Waals surface area contributed by atoms with Gasteiger partial charge in [-0.1, -0.05) is 6.07 Å². The molecule has 0 aromatic heterocycles. The first-order valence-corrected chi connectivity index (χ1v) is 8.84. The van der Waals surface area contributed by atoms with Gasteiger partial charge in [0.25, 0.3) is 5.91 Å². The SMILES string of the molecule is COc1cc(/C=C2/C(=O)N(c3ccc(C(N)=O)cc3)N=C2C)ccc1OCC(=O)O. The minimum atomic E-state index is -1.10. The number of amides is 2. The van der Waals surface area contributed by atoms with Crippen LogP contribution in [0.4, 0.5) is 5.69 Å². The second-order valence-corrected chi connectivity index (χ2v) is 6.36. The highest BCUT2D eigenvalue weighted by molar-refractivity contribution is 6.32. The fourth-order valence-electron chi connectivity index (χ4n) is 2.83. The molecule has 9 nitrogen and oxygen atoms in total. The van der Waals surface area contributed by atoms with Crippen molar-refractivity contribution in [3.63, 3.8) is 0 Å². The molecule has 0 spiro atoms. The van der Waals surface area contributed by atoms with Gasteiger partial charge in [-0.05, 0) is 55.0 Å². The molecular formula is C21H19N3O6. The van der Waals surface area contributed by atoms with E-state index in [0.29, 0.717) is 33.8 Å². The zero-order valence-corrected chi connectivity index (χ0v) is 16.3. The number of hydrogen-bond donors (Lipinski definition) is 2. The first-order valence-electron chi connectivity index (χ1n) is 8.84. The van der Waals surface area contributed by atoms with Crippen molar-refractivity contribution in [2.45, 2.75) is 6.92 Å². The number of rotatable bonds is 7. The Morgan fingerprint density at radius 1 is 1.17 bits per heavy atom. The van der Waals surface area contributed by atoms with Gasteiger partial charge in [-0.15, -0.1) is 0 Å². The van der Waals surface area contributed by atoms with E-state index in [0.717, 1.165) is 0 Å². The predicted molar refractivity (Wildman–Crippen MR) is 110 cm³/mol. The zero-order chi connectivity index (χ0) is 21.8. The van der Waals surface area contributed by atoms with Crippen molar-refractivity contribution in [3.8, 4) is 11.5 Å². The molecule has 1 aliphatic rings. The predicted octanol–water partition coefficient (Wildman–Crippen LogP) is 2.06. The molecule has 1 heterocycles. The summed E-state index contributed by atoms with van der Waals surface area (Å²) in [4.78, 5) is 34.8. The number of carboxylic acid groups (broad SMARTS) is 1. The number of anilines is 1. The lowest BCUT2D eigenvalue weighted by Gasteiger charge is -2.12. The summed E-state index contributed by atoms with van der Waals surface area (Å²) in [5, 5.41) is 14.3. The van der Waals surface area contributed by atoms with Gasteiger partial charge in [0, 0.05) is 5.56 Å². The maximum Gasteiger partial charge on any atom is 0.341 e. The fraction of sp³-hybridized carbons (Fsp3) is 0.143. The summed E-state index contributed by atoms with van der Waals surface area (Å²) in [7, 11) is 1.44. The van der Waals surface area contributed by atoms with E-state index in [1.165, 1.54) is 24.3 Å². The summed E-state index contributed by atoms with van der Waals surface area (Å²) in [6.07, 6.45) is 1.66. The van der Waals surface area contributed by atoms with Gasteiger partial charge in [0.1, 0.15) is 0 Å². The molecule has 0 aliphatic carbocycles. The molecule has 2 aromatic rings. The second-order valence-electron chi connectivity index (χ2n) is 6.36. The number of hydrazone groups is 1. The molecule has 30 heavy (non-hydrogen) atoms. The first-order chi connectivity index (χ1) is 14.3. The van der Waals surface area contributed by atoms with E-state index in [1.807, 2.05) is 0 Å². The standard InChI is InChI=1S/C21H19N3O6/c1-12-16(9-13-3-8-17(18(10-13)29-2)30-11-19(25)26)21(28)24(23-12)15-6-4-14(5-7-15)20(22)27/h3-10H,11H2,1-2H3,(H2,22,27)(H,25,26)/b16-9+. The molecule has 0 bridgehead atoms. The van der Waals surface area contributed by atoms with E-state index in [2.05, 4.69) is 5.10 Å². The van der Waals surface area contributed by atoms with Crippen LogP contribution < -0.4 is 20.2 Å².